The molecular weight excluding hydrogens is 485 g/mol. The number of benzene rings is 2. The zero-order valence-corrected chi connectivity index (χ0v) is 20.0. The summed E-state index contributed by atoms with van der Waals surface area (Å²) in [6.45, 7) is 2.54. The number of amides is 1. The number of hydrogen-bond acceptors (Lipinski definition) is 7. The van der Waals surface area contributed by atoms with Crippen LogP contribution >= 0.6 is 23.2 Å². The lowest BCUT2D eigenvalue weighted by Gasteiger charge is -2.23. The van der Waals surface area contributed by atoms with Crippen molar-refractivity contribution in [3.63, 3.8) is 0 Å². The van der Waals surface area contributed by atoms with Gasteiger partial charge >= 0.3 is 0 Å². The molecule has 3 rings (SSSR count). The Labute approximate surface area is 205 Å². The second-order valence-electron chi connectivity index (χ2n) is 8.04. The molecule has 0 aliphatic carbocycles. The molecule has 11 heteroatoms. The van der Waals surface area contributed by atoms with Gasteiger partial charge in [0.25, 0.3) is 11.5 Å². The van der Waals surface area contributed by atoms with Crippen LogP contribution in [0.2, 0.25) is 10.0 Å². The summed E-state index contributed by atoms with van der Waals surface area (Å²) < 4.78 is 1.13. The van der Waals surface area contributed by atoms with Crippen molar-refractivity contribution in [1.82, 2.24) is 14.9 Å². The zero-order chi connectivity index (χ0) is 25.2. The molecule has 0 saturated heterocycles. The van der Waals surface area contributed by atoms with Gasteiger partial charge in [0.1, 0.15) is 18.3 Å². The third-order valence-corrected chi connectivity index (χ3v) is 6.30. The van der Waals surface area contributed by atoms with Crippen LogP contribution in [0.5, 0.6) is 0 Å². The summed E-state index contributed by atoms with van der Waals surface area (Å²) in [6, 6.07) is 8.26. The second kappa shape index (κ2) is 10.8. The highest BCUT2D eigenvalue weighted by atomic mass is 35.5. The van der Waals surface area contributed by atoms with E-state index in [-0.39, 0.29) is 6.54 Å². The lowest BCUT2D eigenvalue weighted by atomic mass is 10.1. The number of carbonyl (C=O) groups excluding carboxylic acids is 1. The summed E-state index contributed by atoms with van der Waals surface area (Å²) >= 11 is 11.9. The predicted octanol–water partition coefficient (Wildman–Crippen LogP) is 1.33. The van der Waals surface area contributed by atoms with Crippen molar-refractivity contribution in [2.75, 3.05) is 6.61 Å². The molecule has 1 aromatic heterocycles. The third-order valence-electron chi connectivity index (χ3n) is 5.56. The van der Waals surface area contributed by atoms with Gasteiger partial charge in [-0.1, -0.05) is 29.3 Å². The van der Waals surface area contributed by atoms with E-state index in [0.717, 1.165) is 15.7 Å². The van der Waals surface area contributed by atoms with Crippen LogP contribution in [-0.2, 0) is 13.1 Å². The van der Waals surface area contributed by atoms with Crippen LogP contribution < -0.4 is 10.9 Å². The van der Waals surface area contributed by atoms with E-state index < -0.39 is 48.6 Å². The summed E-state index contributed by atoms with van der Waals surface area (Å²) in [5.41, 5.74) is 1.89. The van der Waals surface area contributed by atoms with Crippen LogP contribution in [0.15, 0.2) is 35.1 Å². The van der Waals surface area contributed by atoms with E-state index in [2.05, 4.69) is 10.3 Å². The molecule has 0 radical (unpaired) electrons. The zero-order valence-electron chi connectivity index (χ0n) is 18.5. The molecule has 3 unspecified atom stereocenters. The summed E-state index contributed by atoms with van der Waals surface area (Å²) in [7, 11) is 0. The molecule has 0 spiro atoms. The molecule has 3 aromatic rings. The molecule has 34 heavy (non-hydrogen) atoms. The van der Waals surface area contributed by atoms with Crippen LogP contribution in [0.25, 0.3) is 11.0 Å². The normalized spacial score (nSPS) is 14.1. The molecule has 1 heterocycles. The van der Waals surface area contributed by atoms with Crippen molar-refractivity contribution >= 4 is 40.1 Å². The average molecular weight is 510 g/mol. The Kier molecular flexibility index (Phi) is 8.29. The van der Waals surface area contributed by atoms with Crippen molar-refractivity contribution in [3.8, 4) is 0 Å². The average Bonchev–Trinajstić information content (AvgIpc) is 2.81. The van der Waals surface area contributed by atoms with Gasteiger partial charge in [-0.15, -0.1) is 0 Å². The Morgan fingerprint density at radius 3 is 2.38 bits per heavy atom. The van der Waals surface area contributed by atoms with E-state index in [0.29, 0.717) is 26.6 Å². The predicted molar refractivity (Wildman–Crippen MR) is 128 cm³/mol. The van der Waals surface area contributed by atoms with Crippen LogP contribution in [0.4, 0.5) is 0 Å². The number of aliphatic hydroxyl groups is 4. The molecule has 1 amide bonds. The number of nitrogens with zero attached hydrogens (tertiary/aromatic N) is 2. The van der Waals surface area contributed by atoms with Crippen LogP contribution in [0.1, 0.15) is 27.2 Å². The summed E-state index contributed by atoms with van der Waals surface area (Å²) in [4.78, 5) is 30.4. The number of aryl methyl sites for hydroxylation is 2. The minimum absolute atomic E-state index is 0.0613. The number of aromatic nitrogens is 2. The summed E-state index contributed by atoms with van der Waals surface area (Å²) in [5, 5.41) is 42.5. The minimum atomic E-state index is -1.71. The SMILES string of the molecule is Cc1cc2nc(C(=O)NCc3ccc(Cl)c(Cl)c3)c(=O)n(CC(O)C(O)C(O)CO)c2cc1C. The van der Waals surface area contributed by atoms with E-state index in [1.54, 1.807) is 30.3 Å². The van der Waals surface area contributed by atoms with E-state index in [9.17, 15) is 24.9 Å². The van der Waals surface area contributed by atoms with E-state index >= 15 is 0 Å². The Hall–Kier alpha value is -2.53. The summed E-state index contributed by atoms with van der Waals surface area (Å²) in [5.74, 6) is -0.740. The lowest BCUT2D eigenvalue weighted by molar-refractivity contribution is -0.0805. The first-order chi connectivity index (χ1) is 16.0. The van der Waals surface area contributed by atoms with E-state index in [1.165, 1.54) is 0 Å². The Morgan fingerprint density at radius 1 is 1.06 bits per heavy atom. The first-order valence-corrected chi connectivity index (χ1v) is 11.2. The molecule has 0 fully saturated rings. The van der Waals surface area contributed by atoms with Gasteiger partial charge in [-0.05, 0) is 54.8 Å². The fourth-order valence-electron chi connectivity index (χ4n) is 3.40. The molecule has 0 bridgehead atoms. The quantitative estimate of drug-likeness (QED) is 0.308. The van der Waals surface area contributed by atoms with Crippen molar-refractivity contribution in [1.29, 1.82) is 0 Å². The monoisotopic (exact) mass is 509 g/mol. The Balaban J connectivity index is 2.00. The minimum Gasteiger partial charge on any atom is -0.394 e. The van der Waals surface area contributed by atoms with Gasteiger partial charge in [0.15, 0.2) is 5.69 Å². The molecule has 3 atom stereocenters. The maximum Gasteiger partial charge on any atom is 0.282 e. The van der Waals surface area contributed by atoms with Gasteiger partial charge in [0.2, 0.25) is 0 Å². The Morgan fingerprint density at radius 2 is 1.74 bits per heavy atom. The number of hydrogen-bond donors (Lipinski definition) is 5. The lowest BCUT2D eigenvalue weighted by Crippen LogP contribution is -2.44. The van der Waals surface area contributed by atoms with E-state index in [1.807, 2.05) is 13.8 Å². The van der Waals surface area contributed by atoms with Gasteiger partial charge in [0, 0.05) is 6.54 Å². The highest BCUT2D eigenvalue weighted by molar-refractivity contribution is 6.42. The van der Waals surface area contributed by atoms with Crippen molar-refractivity contribution < 1.29 is 25.2 Å². The second-order valence-corrected chi connectivity index (χ2v) is 8.85. The maximum absolute atomic E-state index is 13.2. The fraction of sp³-hybridized carbons (Fsp3) is 0.348. The number of rotatable bonds is 8. The Bertz CT molecular complexity index is 1280. The number of aliphatic hydroxyl groups excluding tert-OH is 4. The molecule has 9 nitrogen and oxygen atoms in total. The topological polar surface area (TPSA) is 145 Å². The standard InChI is InChI=1S/C23H25Cl2N3O6/c1-11-5-16-17(6-12(11)2)28(9-18(30)21(32)19(31)10-29)23(34)20(27-16)22(33)26-8-13-3-4-14(24)15(25)7-13/h3-7,18-19,21,29-32H,8-10H2,1-2H3,(H,26,33). The highest BCUT2D eigenvalue weighted by Gasteiger charge is 2.27. The fourth-order valence-corrected chi connectivity index (χ4v) is 3.72. The van der Waals surface area contributed by atoms with Crippen LogP contribution in [-0.4, -0.2) is 60.8 Å². The first-order valence-electron chi connectivity index (χ1n) is 10.4. The molecule has 182 valence electrons. The van der Waals surface area contributed by atoms with Crippen LogP contribution in [0, 0.1) is 13.8 Å². The van der Waals surface area contributed by atoms with Gasteiger partial charge in [-0.3, -0.25) is 9.59 Å². The van der Waals surface area contributed by atoms with Gasteiger partial charge < -0.3 is 30.3 Å². The molecule has 0 aliphatic heterocycles. The van der Waals surface area contributed by atoms with E-state index in [4.69, 9.17) is 28.3 Å². The number of carbonyl (C=O) groups is 1. The van der Waals surface area contributed by atoms with Gasteiger partial charge in [-0.2, -0.15) is 0 Å². The molecule has 5 N–H and O–H groups in total. The number of halogens is 2. The van der Waals surface area contributed by atoms with Gasteiger partial charge in [-0.25, -0.2) is 4.98 Å². The molecular formula is C23H25Cl2N3O6. The first kappa shape index (κ1) is 26.1. The van der Waals surface area contributed by atoms with Crippen molar-refractivity contribution in [2.24, 2.45) is 0 Å². The maximum atomic E-state index is 13.2. The van der Waals surface area contributed by atoms with Crippen molar-refractivity contribution in [3.05, 3.63) is 73.1 Å². The smallest absolute Gasteiger partial charge is 0.282 e. The van der Waals surface area contributed by atoms with Crippen LogP contribution in [0.3, 0.4) is 0 Å². The molecule has 0 saturated carbocycles. The third kappa shape index (κ3) is 5.57. The molecule has 2 aromatic carbocycles. The largest absolute Gasteiger partial charge is 0.394 e. The number of nitrogens with one attached hydrogen (secondary N) is 1. The number of fused-ring (bicyclic) bond motifs is 1. The molecule has 0 aliphatic rings. The van der Waals surface area contributed by atoms with Gasteiger partial charge in [0.05, 0.1) is 34.2 Å². The summed E-state index contributed by atoms with van der Waals surface area (Å²) in [6.07, 6.45) is -4.91. The van der Waals surface area contributed by atoms with Crippen molar-refractivity contribution in [2.45, 2.75) is 45.2 Å². The highest BCUT2D eigenvalue weighted by Crippen LogP contribution is 2.22.